The number of imidazole rings is 1. The van der Waals surface area contributed by atoms with Gasteiger partial charge in [-0.2, -0.15) is 0 Å². The number of rotatable bonds is 5. The van der Waals surface area contributed by atoms with Gasteiger partial charge in [-0.25, -0.2) is 9.97 Å². The Morgan fingerprint density at radius 3 is 2.19 bits per heavy atom. The minimum Gasteiger partial charge on any atom is -0.506 e. The predicted molar refractivity (Wildman–Crippen MR) is 181 cm³/mol. The Bertz CT molecular complexity index is 1960. The number of para-hydroxylation sites is 1. The number of aryl methyl sites for hydroxylation is 1. The van der Waals surface area contributed by atoms with Crippen LogP contribution < -0.4 is 5.19 Å². The Labute approximate surface area is 255 Å². The number of hydrogen-bond acceptors (Lipinski definition) is 4. The molecule has 0 saturated carbocycles. The predicted octanol–water partition coefficient (Wildman–Crippen LogP) is 8.58. The average Bonchev–Trinajstić information content (AvgIpc) is 3.32. The quantitative estimate of drug-likeness (QED) is 0.207. The van der Waals surface area contributed by atoms with Crippen molar-refractivity contribution in [3.05, 3.63) is 103 Å². The lowest BCUT2D eigenvalue weighted by atomic mass is 9.83. The Morgan fingerprint density at radius 2 is 1.49 bits per heavy atom. The highest BCUT2D eigenvalue weighted by Gasteiger charge is 2.24. The minimum atomic E-state index is -1.65. The van der Waals surface area contributed by atoms with E-state index in [4.69, 9.17) is 9.97 Å². The van der Waals surface area contributed by atoms with Crippen LogP contribution in [0.4, 0.5) is 0 Å². The second-order valence-corrected chi connectivity index (χ2v) is 18.4. The molecule has 43 heavy (non-hydrogen) atoms. The van der Waals surface area contributed by atoms with Crippen LogP contribution in [0, 0.1) is 0 Å². The van der Waals surface area contributed by atoms with Crippen molar-refractivity contribution in [2.45, 2.75) is 45.8 Å². The number of aromatic hydroxyl groups is 1. The van der Waals surface area contributed by atoms with Crippen LogP contribution in [0.1, 0.15) is 26.3 Å². The van der Waals surface area contributed by atoms with Gasteiger partial charge >= 0.3 is 0 Å². The molecule has 0 atom stereocenters. The van der Waals surface area contributed by atoms with Crippen molar-refractivity contribution in [2.75, 3.05) is 0 Å². The smallest absolute Gasteiger partial charge is 0.163 e. The highest BCUT2D eigenvalue weighted by Crippen LogP contribution is 2.38. The molecule has 216 valence electrons. The number of fused-ring (bicyclic) bond motifs is 1. The van der Waals surface area contributed by atoms with E-state index in [0.29, 0.717) is 11.5 Å². The third-order valence-electron chi connectivity index (χ3n) is 8.11. The van der Waals surface area contributed by atoms with E-state index in [2.05, 4.69) is 124 Å². The fourth-order valence-corrected chi connectivity index (χ4v) is 7.14. The number of nitrogens with zero attached hydrogens (tertiary/aromatic N) is 4. The summed E-state index contributed by atoms with van der Waals surface area (Å²) < 4.78 is 2.00. The summed E-state index contributed by atoms with van der Waals surface area (Å²) in [5, 5.41) is 11.9. The lowest BCUT2D eigenvalue weighted by Gasteiger charge is -2.23. The van der Waals surface area contributed by atoms with Gasteiger partial charge in [0.1, 0.15) is 11.4 Å². The monoisotopic (exact) mass is 582 g/mol. The Hall–Kier alpha value is -4.55. The summed E-state index contributed by atoms with van der Waals surface area (Å²) in [6.45, 7) is 13.9. The largest absolute Gasteiger partial charge is 0.506 e. The zero-order valence-electron chi connectivity index (χ0n) is 26.0. The van der Waals surface area contributed by atoms with Crippen LogP contribution in [0.5, 0.6) is 5.75 Å². The number of hydrogen-bond donors (Lipinski definition) is 1. The molecule has 0 aliphatic rings. The van der Waals surface area contributed by atoms with E-state index in [1.807, 2.05) is 11.6 Å². The van der Waals surface area contributed by atoms with E-state index >= 15 is 0 Å². The van der Waals surface area contributed by atoms with Gasteiger partial charge < -0.3 is 9.67 Å². The summed E-state index contributed by atoms with van der Waals surface area (Å²) in [5.41, 5.74) is 10.1. The summed E-state index contributed by atoms with van der Waals surface area (Å²) in [6.07, 6.45) is 3.79. The molecule has 1 N–H and O–H groups in total. The Morgan fingerprint density at radius 1 is 0.744 bits per heavy atom. The summed E-state index contributed by atoms with van der Waals surface area (Å²) in [6, 6.07) is 29.4. The van der Waals surface area contributed by atoms with Crippen LogP contribution in [-0.2, 0) is 12.5 Å². The van der Waals surface area contributed by atoms with Gasteiger partial charge in [-0.15, -0.1) is 0 Å². The standard InChI is InChI=1S/C37H38N4OSi/c1-37(2,3)27-20-25(28-15-11-16-31-34(28)40-36(41(31)4)35-32(42)17-12-18-38-35)19-26(21-27)30-22-29(24-13-9-8-10-14-24)33(23-39-30)43(5,6)7/h8-23,42H,1-7H3. The third kappa shape index (κ3) is 5.39. The van der Waals surface area contributed by atoms with Crippen molar-refractivity contribution >= 4 is 24.3 Å². The van der Waals surface area contributed by atoms with Crippen LogP contribution in [0.25, 0.3) is 56.1 Å². The van der Waals surface area contributed by atoms with Gasteiger partial charge in [-0.3, -0.25) is 4.98 Å². The molecule has 0 bridgehead atoms. The molecule has 0 amide bonds. The molecule has 0 radical (unpaired) electrons. The normalized spacial score (nSPS) is 12.2. The lowest BCUT2D eigenvalue weighted by Crippen LogP contribution is -2.39. The molecular formula is C37H38N4OSi. The van der Waals surface area contributed by atoms with Gasteiger partial charge in [0.15, 0.2) is 5.82 Å². The lowest BCUT2D eigenvalue weighted by molar-refractivity contribution is 0.474. The zero-order chi connectivity index (χ0) is 30.5. The first-order valence-corrected chi connectivity index (χ1v) is 18.2. The van der Waals surface area contributed by atoms with E-state index in [9.17, 15) is 5.11 Å². The van der Waals surface area contributed by atoms with E-state index in [1.54, 1.807) is 18.3 Å². The topological polar surface area (TPSA) is 63.8 Å². The molecule has 3 aromatic heterocycles. The van der Waals surface area contributed by atoms with Gasteiger partial charge in [-0.05, 0) is 69.3 Å². The first-order chi connectivity index (χ1) is 20.4. The van der Waals surface area contributed by atoms with Gasteiger partial charge in [0.05, 0.1) is 24.8 Å². The molecule has 0 aliphatic carbocycles. The van der Waals surface area contributed by atoms with E-state index in [-0.39, 0.29) is 11.2 Å². The zero-order valence-corrected chi connectivity index (χ0v) is 27.0. The average molecular weight is 583 g/mol. The summed E-state index contributed by atoms with van der Waals surface area (Å²) in [5.74, 6) is 0.741. The summed E-state index contributed by atoms with van der Waals surface area (Å²) >= 11 is 0. The molecule has 6 heteroatoms. The molecule has 5 nitrogen and oxygen atoms in total. The Balaban J connectivity index is 1.57. The minimum absolute atomic E-state index is 0.0752. The molecule has 0 saturated heterocycles. The van der Waals surface area contributed by atoms with Crippen LogP contribution in [0.3, 0.4) is 0 Å². The SMILES string of the molecule is Cn1c(-c2ncccc2O)nc2c(-c3cc(-c4cc(-c5ccccc5)c([Si](C)(C)C)cn4)cc(C(C)(C)C)c3)cccc21. The van der Waals surface area contributed by atoms with Crippen molar-refractivity contribution in [1.82, 2.24) is 19.5 Å². The van der Waals surface area contributed by atoms with Crippen molar-refractivity contribution in [2.24, 2.45) is 7.05 Å². The van der Waals surface area contributed by atoms with E-state index in [0.717, 1.165) is 33.4 Å². The fourth-order valence-electron chi connectivity index (χ4n) is 5.66. The summed E-state index contributed by atoms with van der Waals surface area (Å²) in [7, 11) is 0.316. The van der Waals surface area contributed by atoms with Gasteiger partial charge in [0.2, 0.25) is 0 Å². The van der Waals surface area contributed by atoms with Gasteiger partial charge in [0.25, 0.3) is 0 Å². The van der Waals surface area contributed by atoms with Crippen LogP contribution in [0.15, 0.2) is 97.3 Å². The van der Waals surface area contributed by atoms with Crippen LogP contribution >= 0.6 is 0 Å². The molecule has 0 spiro atoms. The Kier molecular flexibility index (Phi) is 7.05. The van der Waals surface area contributed by atoms with Gasteiger partial charge in [-0.1, -0.05) is 88.9 Å². The molecule has 3 heterocycles. The van der Waals surface area contributed by atoms with Crippen molar-refractivity contribution in [3.8, 4) is 50.8 Å². The molecular weight excluding hydrogens is 545 g/mol. The van der Waals surface area contributed by atoms with Crippen molar-refractivity contribution in [3.63, 3.8) is 0 Å². The van der Waals surface area contributed by atoms with Crippen LogP contribution in [-0.4, -0.2) is 32.7 Å². The maximum absolute atomic E-state index is 10.5. The molecule has 6 rings (SSSR count). The second-order valence-electron chi connectivity index (χ2n) is 13.3. The maximum atomic E-state index is 10.5. The van der Waals surface area contributed by atoms with Gasteiger partial charge in [0, 0.05) is 30.6 Å². The molecule has 0 unspecified atom stereocenters. The third-order valence-corrected chi connectivity index (χ3v) is 10.1. The van der Waals surface area contributed by atoms with E-state index < -0.39 is 8.07 Å². The molecule has 0 fully saturated rings. The summed E-state index contributed by atoms with van der Waals surface area (Å²) in [4.78, 5) is 14.5. The van der Waals surface area contributed by atoms with Crippen molar-refractivity contribution < 1.29 is 5.11 Å². The molecule has 6 aromatic rings. The first kappa shape index (κ1) is 28.6. The van der Waals surface area contributed by atoms with Crippen LogP contribution in [0.2, 0.25) is 19.6 Å². The maximum Gasteiger partial charge on any atom is 0.163 e. The second kappa shape index (κ2) is 10.6. The van der Waals surface area contributed by atoms with E-state index in [1.165, 1.54) is 21.9 Å². The van der Waals surface area contributed by atoms with Crippen molar-refractivity contribution in [1.29, 1.82) is 0 Å². The highest BCUT2D eigenvalue weighted by atomic mass is 28.3. The number of pyridine rings is 2. The highest BCUT2D eigenvalue weighted by molar-refractivity contribution is 6.89. The molecule has 0 aliphatic heterocycles. The number of benzene rings is 3. The first-order valence-electron chi connectivity index (χ1n) is 14.7. The number of aromatic nitrogens is 4. The molecule has 3 aromatic carbocycles. The fraction of sp³-hybridized carbons (Fsp3) is 0.216.